The lowest BCUT2D eigenvalue weighted by Gasteiger charge is -2.12. The van der Waals surface area contributed by atoms with Gasteiger partial charge in [0.05, 0.1) is 13.2 Å². The Morgan fingerprint density at radius 1 is 1.05 bits per heavy atom. The molecule has 0 radical (unpaired) electrons. The van der Waals surface area contributed by atoms with Gasteiger partial charge in [0.1, 0.15) is 5.75 Å². The second-order valence-corrected chi connectivity index (χ2v) is 4.41. The number of hydrogen-bond donors (Lipinski definition) is 2. The Kier molecular flexibility index (Phi) is 7.09. The Labute approximate surface area is 126 Å². The normalized spacial score (nSPS) is 11.5. The third kappa shape index (κ3) is 4.85. The van der Waals surface area contributed by atoms with Gasteiger partial charge in [-0.3, -0.25) is 0 Å². The lowest BCUT2D eigenvalue weighted by atomic mass is 10.1. The molecule has 0 saturated heterocycles. The number of halogens is 1. The van der Waals surface area contributed by atoms with E-state index < -0.39 is 6.10 Å². The van der Waals surface area contributed by atoms with E-state index in [0.29, 0.717) is 6.54 Å². The van der Waals surface area contributed by atoms with Gasteiger partial charge in [0, 0.05) is 13.1 Å². The molecule has 0 aliphatic heterocycles. The first-order valence-corrected chi connectivity index (χ1v) is 6.36. The van der Waals surface area contributed by atoms with Gasteiger partial charge >= 0.3 is 0 Å². The summed E-state index contributed by atoms with van der Waals surface area (Å²) in [6, 6.07) is 17.6. The van der Waals surface area contributed by atoms with Crippen LogP contribution in [0.1, 0.15) is 17.2 Å². The van der Waals surface area contributed by atoms with Crippen LogP contribution in [-0.2, 0) is 6.54 Å². The first-order valence-electron chi connectivity index (χ1n) is 6.36. The van der Waals surface area contributed by atoms with E-state index in [2.05, 4.69) is 5.32 Å². The molecule has 0 aromatic heterocycles. The van der Waals surface area contributed by atoms with E-state index in [9.17, 15) is 5.11 Å². The molecule has 0 aliphatic carbocycles. The lowest BCUT2D eigenvalue weighted by molar-refractivity contribution is 0.174. The quantitative estimate of drug-likeness (QED) is 0.860. The van der Waals surface area contributed by atoms with Crippen molar-refractivity contribution in [1.29, 1.82) is 0 Å². The van der Waals surface area contributed by atoms with Gasteiger partial charge < -0.3 is 15.2 Å². The van der Waals surface area contributed by atoms with Crippen LogP contribution in [0.15, 0.2) is 54.6 Å². The zero-order chi connectivity index (χ0) is 13.5. The molecule has 4 heteroatoms. The summed E-state index contributed by atoms with van der Waals surface area (Å²) in [4.78, 5) is 0. The fourth-order valence-corrected chi connectivity index (χ4v) is 1.89. The number of aliphatic hydroxyl groups is 1. The standard InChI is InChI=1S/C16H19NO2.ClH/c1-19-15-9-7-13(8-10-15)11-17-12-16(18)14-5-3-2-4-6-14;/h2-10,16-18H,11-12H2,1H3;1H. The second kappa shape index (κ2) is 8.59. The number of methoxy groups -OCH3 is 1. The van der Waals surface area contributed by atoms with Crippen molar-refractivity contribution in [1.82, 2.24) is 5.32 Å². The molecule has 2 aromatic rings. The molecule has 20 heavy (non-hydrogen) atoms. The summed E-state index contributed by atoms with van der Waals surface area (Å²) in [6.45, 7) is 1.27. The minimum absolute atomic E-state index is 0. The van der Waals surface area contributed by atoms with Crippen molar-refractivity contribution in [3.63, 3.8) is 0 Å². The Morgan fingerprint density at radius 2 is 1.70 bits per heavy atom. The van der Waals surface area contributed by atoms with E-state index in [4.69, 9.17) is 4.74 Å². The maximum Gasteiger partial charge on any atom is 0.118 e. The minimum Gasteiger partial charge on any atom is -0.497 e. The average Bonchev–Trinajstić information content (AvgIpc) is 2.49. The molecule has 2 N–H and O–H groups in total. The van der Waals surface area contributed by atoms with Crippen LogP contribution in [0.2, 0.25) is 0 Å². The molecule has 1 unspecified atom stereocenters. The van der Waals surface area contributed by atoms with Crippen molar-refractivity contribution >= 4 is 12.4 Å². The summed E-state index contributed by atoms with van der Waals surface area (Å²) in [5, 5.41) is 13.2. The van der Waals surface area contributed by atoms with Gasteiger partial charge in [-0.25, -0.2) is 0 Å². The topological polar surface area (TPSA) is 41.5 Å². The predicted octanol–water partition coefficient (Wildman–Crippen LogP) is 2.94. The van der Waals surface area contributed by atoms with Crippen LogP contribution in [0.5, 0.6) is 5.75 Å². The first-order chi connectivity index (χ1) is 9.29. The molecule has 0 amide bonds. The molecule has 0 bridgehead atoms. The van der Waals surface area contributed by atoms with Crippen molar-refractivity contribution in [3.05, 3.63) is 65.7 Å². The van der Waals surface area contributed by atoms with E-state index in [1.165, 1.54) is 5.56 Å². The largest absolute Gasteiger partial charge is 0.497 e. The number of rotatable bonds is 6. The third-order valence-corrected chi connectivity index (χ3v) is 3.01. The number of nitrogens with one attached hydrogen (secondary N) is 1. The Balaban J connectivity index is 0.00000200. The van der Waals surface area contributed by atoms with Crippen LogP contribution in [0, 0.1) is 0 Å². The summed E-state index contributed by atoms with van der Waals surface area (Å²) < 4.78 is 5.11. The van der Waals surface area contributed by atoms with Gasteiger partial charge in [-0.15, -0.1) is 12.4 Å². The summed E-state index contributed by atoms with van der Waals surface area (Å²) in [6.07, 6.45) is -0.473. The molecule has 0 spiro atoms. The molecule has 0 aliphatic rings. The first kappa shape index (κ1) is 16.5. The average molecular weight is 294 g/mol. The molecule has 0 heterocycles. The summed E-state index contributed by atoms with van der Waals surface area (Å²) in [7, 11) is 1.66. The Morgan fingerprint density at radius 3 is 2.30 bits per heavy atom. The summed E-state index contributed by atoms with van der Waals surface area (Å²) in [5.74, 6) is 0.855. The van der Waals surface area contributed by atoms with E-state index in [1.807, 2.05) is 54.6 Å². The van der Waals surface area contributed by atoms with Crippen LogP contribution in [0.3, 0.4) is 0 Å². The molecule has 108 valence electrons. The number of benzene rings is 2. The van der Waals surface area contributed by atoms with Crippen LogP contribution in [-0.4, -0.2) is 18.8 Å². The molecule has 2 rings (SSSR count). The van der Waals surface area contributed by atoms with Gasteiger partial charge in [-0.1, -0.05) is 42.5 Å². The maximum absolute atomic E-state index is 10.00. The van der Waals surface area contributed by atoms with E-state index in [0.717, 1.165) is 17.9 Å². The van der Waals surface area contributed by atoms with Gasteiger partial charge in [0.25, 0.3) is 0 Å². The van der Waals surface area contributed by atoms with Crippen LogP contribution in [0.25, 0.3) is 0 Å². The van der Waals surface area contributed by atoms with Gasteiger partial charge in [0.2, 0.25) is 0 Å². The van der Waals surface area contributed by atoms with Crippen molar-refractivity contribution in [3.8, 4) is 5.75 Å². The summed E-state index contributed by atoms with van der Waals surface area (Å²) >= 11 is 0. The monoisotopic (exact) mass is 293 g/mol. The highest BCUT2D eigenvalue weighted by atomic mass is 35.5. The molecule has 3 nitrogen and oxygen atoms in total. The van der Waals surface area contributed by atoms with E-state index in [1.54, 1.807) is 7.11 Å². The summed E-state index contributed by atoms with van der Waals surface area (Å²) in [5.41, 5.74) is 2.10. The minimum atomic E-state index is -0.473. The molecule has 0 saturated carbocycles. The Bertz CT molecular complexity index is 488. The highest BCUT2D eigenvalue weighted by Crippen LogP contribution is 2.12. The van der Waals surface area contributed by atoms with Crippen molar-refractivity contribution < 1.29 is 9.84 Å². The van der Waals surface area contributed by atoms with Crippen molar-refractivity contribution in [2.75, 3.05) is 13.7 Å². The van der Waals surface area contributed by atoms with E-state index >= 15 is 0 Å². The highest BCUT2D eigenvalue weighted by molar-refractivity contribution is 5.85. The molecular weight excluding hydrogens is 274 g/mol. The zero-order valence-electron chi connectivity index (χ0n) is 11.5. The lowest BCUT2D eigenvalue weighted by Crippen LogP contribution is -2.20. The smallest absolute Gasteiger partial charge is 0.118 e. The van der Waals surface area contributed by atoms with Crippen molar-refractivity contribution in [2.24, 2.45) is 0 Å². The Hall–Kier alpha value is -1.55. The fraction of sp³-hybridized carbons (Fsp3) is 0.250. The molecule has 0 fully saturated rings. The molecule has 2 aromatic carbocycles. The number of hydrogen-bond acceptors (Lipinski definition) is 3. The van der Waals surface area contributed by atoms with Crippen LogP contribution >= 0.6 is 12.4 Å². The van der Waals surface area contributed by atoms with Gasteiger partial charge in [0.15, 0.2) is 0 Å². The van der Waals surface area contributed by atoms with E-state index in [-0.39, 0.29) is 12.4 Å². The maximum atomic E-state index is 10.00. The number of ether oxygens (including phenoxy) is 1. The second-order valence-electron chi connectivity index (χ2n) is 4.41. The van der Waals surface area contributed by atoms with Gasteiger partial charge in [-0.2, -0.15) is 0 Å². The third-order valence-electron chi connectivity index (χ3n) is 3.01. The van der Waals surface area contributed by atoms with Crippen LogP contribution in [0.4, 0.5) is 0 Å². The molecule has 1 atom stereocenters. The van der Waals surface area contributed by atoms with Crippen molar-refractivity contribution in [2.45, 2.75) is 12.6 Å². The van der Waals surface area contributed by atoms with Crippen LogP contribution < -0.4 is 10.1 Å². The predicted molar refractivity (Wildman–Crippen MR) is 83.4 cm³/mol. The fourth-order valence-electron chi connectivity index (χ4n) is 1.89. The molecular formula is C16H20ClNO2. The highest BCUT2D eigenvalue weighted by Gasteiger charge is 2.05. The van der Waals surface area contributed by atoms with Gasteiger partial charge in [-0.05, 0) is 23.3 Å². The SMILES string of the molecule is COc1ccc(CNCC(O)c2ccccc2)cc1.Cl. The zero-order valence-corrected chi connectivity index (χ0v) is 12.3. The number of aliphatic hydroxyl groups excluding tert-OH is 1.